The highest BCUT2D eigenvalue weighted by molar-refractivity contribution is 5.37. The minimum atomic E-state index is 0.0960. The topological polar surface area (TPSA) is 37.4 Å². The minimum Gasteiger partial charge on any atom is -0.369 e. The molecular formula is C11H17N3O. The molecule has 82 valence electrons. The molecule has 1 saturated heterocycles. The Kier molecular flexibility index (Phi) is 3.18. The molecule has 4 heteroatoms. The van der Waals surface area contributed by atoms with Gasteiger partial charge in [-0.05, 0) is 12.1 Å². The van der Waals surface area contributed by atoms with Gasteiger partial charge in [-0.3, -0.25) is 0 Å². The maximum Gasteiger partial charge on any atom is 0.128 e. The smallest absolute Gasteiger partial charge is 0.128 e. The quantitative estimate of drug-likeness (QED) is 0.778. The molecule has 1 aromatic rings. The monoisotopic (exact) mass is 207 g/mol. The van der Waals surface area contributed by atoms with Gasteiger partial charge >= 0.3 is 0 Å². The molecule has 1 aromatic heterocycles. The number of morpholine rings is 1. The van der Waals surface area contributed by atoms with Crippen LogP contribution in [0.2, 0.25) is 0 Å². The number of rotatable bonds is 2. The Morgan fingerprint density at radius 3 is 3.00 bits per heavy atom. The third-order valence-electron chi connectivity index (χ3n) is 2.47. The lowest BCUT2D eigenvalue weighted by Gasteiger charge is -2.24. The highest BCUT2D eigenvalue weighted by Gasteiger charge is 2.17. The van der Waals surface area contributed by atoms with Crippen LogP contribution in [0, 0.1) is 0 Å². The molecular weight excluding hydrogens is 190 g/mol. The molecule has 0 aliphatic carbocycles. The maximum absolute atomic E-state index is 5.66. The van der Waals surface area contributed by atoms with Crippen molar-refractivity contribution < 1.29 is 4.74 Å². The van der Waals surface area contributed by atoms with E-state index in [-0.39, 0.29) is 6.10 Å². The van der Waals surface area contributed by atoms with Crippen molar-refractivity contribution in [3.05, 3.63) is 23.9 Å². The summed E-state index contributed by atoms with van der Waals surface area (Å²) in [5.41, 5.74) is 1.01. The fourth-order valence-corrected chi connectivity index (χ4v) is 1.62. The number of nitrogens with zero attached hydrogens (tertiary/aromatic N) is 2. The van der Waals surface area contributed by atoms with E-state index in [1.54, 1.807) is 0 Å². The van der Waals surface area contributed by atoms with Crippen LogP contribution in [0.1, 0.15) is 11.8 Å². The fraction of sp³-hybridized carbons (Fsp3) is 0.545. The third kappa shape index (κ3) is 2.46. The predicted molar refractivity (Wildman–Crippen MR) is 60.1 cm³/mol. The van der Waals surface area contributed by atoms with E-state index >= 15 is 0 Å². The summed E-state index contributed by atoms with van der Waals surface area (Å²) in [6.07, 6.45) is 0.0960. The molecule has 0 aromatic carbocycles. The average molecular weight is 207 g/mol. The lowest BCUT2D eigenvalue weighted by atomic mass is 10.2. The number of nitrogens with one attached hydrogen (secondary N) is 1. The van der Waals surface area contributed by atoms with E-state index in [9.17, 15) is 0 Å². The number of pyridine rings is 1. The van der Waals surface area contributed by atoms with Crippen LogP contribution in [-0.2, 0) is 4.74 Å². The zero-order valence-corrected chi connectivity index (χ0v) is 9.23. The SMILES string of the molecule is CN(C)c1cccc(C2CNCCO2)n1. The van der Waals surface area contributed by atoms with Crippen molar-refractivity contribution in [1.29, 1.82) is 0 Å². The van der Waals surface area contributed by atoms with E-state index in [1.165, 1.54) is 0 Å². The Hall–Kier alpha value is -1.13. The molecule has 0 bridgehead atoms. The molecule has 1 atom stereocenters. The molecule has 1 aliphatic heterocycles. The highest BCUT2D eigenvalue weighted by atomic mass is 16.5. The van der Waals surface area contributed by atoms with Gasteiger partial charge in [0.2, 0.25) is 0 Å². The van der Waals surface area contributed by atoms with Crippen molar-refractivity contribution in [2.75, 3.05) is 38.7 Å². The van der Waals surface area contributed by atoms with Gasteiger partial charge in [-0.1, -0.05) is 6.07 Å². The molecule has 2 rings (SSSR count). The fourth-order valence-electron chi connectivity index (χ4n) is 1.62. The summed E-state index contributed by atoms with van der Waals surface area (Å²) >= 11 is 0. The highest BCUT2D eigenvalue weighted by Crippen LogP contribution is 2.18. The van der Waals surface area contributed by atoms with Crippen LogP contribution < -0.4 is 10.2 Å². The molecule has 0 radical (unpaired) electrons. The summed E-state index contributed by atoms with van der Waals surface area (Å²) in [6.45, 7) is 2.55. The van der Waals surface area contributed by atoms with Gasteiger partial charge in [-0.2, -0.15) is 0 Å². The molecule has 0 amide bonds. The predicted octanol–water partition coefficient (Wildman–Crippen LogP) is 0.808. The van der Waals surface area contributed by atoms with E-state index in [0.29, 0.717) is 0 Å². The third-order valence-corrected chi connectivity index (χ3v) is 2.47. The average Bonchev–Trinajstić information content (AvgIpc) is 2.30. The molecule has 0 spiro atoms. The second-order valence-corrected chi connectivity index (χ2v) is 3.88. The van der Waals surface area contributed by atoms with Crippen LogP contribution in [-0.4, -0.2) is 38.8 Å². The van der Waals surface area contributed by atoms with Gasteiger partial charge in [-0.15, -0.1) is 0 Å². The Morgan fingerprint density at radius 2 is 2.33 bits per heavy atom. The van der Waals surface area contributed by atoms with E-state index in [0.717, 1.165) is 31.2 Å². The Bertz CT molecular complexity index is 321. The number of aromatic nitrogens is 1. The molecule has 1 N–H and O–H groups in total. The van der Waals surface area contributed by atoms with Gasteiger partial charge in [0.15, 0.2) is 0 Å². The Balaban J connectivity index is 2.16. The first-order chi connectivity index (χ1) is 7.27. The standard InChI is InChI=1S/C11H17N3O/c1-14(2)11-5-3-4-9(13-11)10-8-12-6-7-15-10/h3-5,10,12H,6-8H2,1-2H3. The number of hydrogen-bond acceptors (Lipinski definition) is 4. The van der Waals surface area contributed by atoms with Crippen LogP contribution >= 0.6 is 0 Å². The Labute approximate surface area is 90.3 Å². The first kappa shape index (κ1) is 10.4. The lowest BCUT2D eigenvalue weighted by molar-refractivity contribution is 0.0251. The molecule has 0 saturated carbocycles. The summed E-state index contributed by atoms with van der Waals surface area (Å²) in [5.74, 6) is 0.974. The van der Waals surface area contributed by atoms with Crippen LogP contribution in [0.3, 0.4) is 0 Å². The lowest BCUT2D eigenvalue weighted by Crippen LogP contribution is -2.33. The van der Waals surface area contributed by atoms with E-state index < -0.39 is 0 Å². The molecule has 2 heterocycles. The van der Waals surface area contributed by atoms with Crippen molar-refractivity contribution in [3.63, 3.8) is 0 Å². The molecule has 1 aliphatic rings. The van der Waals surface area contributed by atoms with Crippen LogP contribution in [0.25, 0.3) is 0 Å². The molecule has 4 nitrogen and oxygen atoms in total. The molecule has 1 unspecified atom stereocenters. The van der Waals surface area contributed by atoms with E-state index in [4.69, 9.17) is 4.74 Å². The summed E-state index contributed by atoms with van der Waals surface area (Å²) in [6, 6.07) is 6.04. The first-order valence-corrected chi connectivity index (χ1v) is 5.24. The summed E-state index contributed by atoms with van der Waals surface area (Å²) < 4.78 is 5.66. The van der Waals surface area contributed by atoms with Crippen LogP contribution in [0.15, 0.2) is 18.2 Å². The van der Waals surface area contributed by atoms with Gasteiger partial charge in [0.1, 0.15) is 11.9 Å². The van der Waals surface area contributed by atoms with Gasteiger partial charge in [0.05, 0.1) is 12.3 Å². The molecule has 1 fully saturated rings. The Morgan fingerprint density at radius 1 is 1.47 bits per heavy atom. The van der Waals surface area contributed by atoms with Gasteiger partial charge in [0, 0.05) is 27.2 Å². The number of hydrogen-bond donors (Lipinski definition) is 1. The molecule has 15 heavy (non-hydrogen) atoms. The zero-order valence-electron chi connectivity index (χ0n) is 9.23. The minimum absolute atomic E-state index is 0.0960. The maximum atomic E-state index is 5.66. The zero-order chi connectivity index (χ0) is 10.7. The van der Waals surface area contributed by atoms with Crippen molar-refractivity contribution in [1.82, 2.24) is 10.3 Å². The van der Waals surface area contributed by atoms with Crippen LogP contribution in [0.5, 0.6) is 0 Å². The second-order valence-electron chi connectivity index (χ2n) is 3.88. The summed E-state index contributed by atoms with van der Waals surface area (Å²) in [4.78, 5) is 6.56. The van der Waals surface area contributed by atoms with Gasteiger partial charge in [-0.25, -0.2) is 4.98 Å². The van der Waals surface area contributed by atoms with E-state index in [1.807, 2.05) is 37.2 Å². The van der Waals surface area contributed by atoms with Crippen LogP contribution in [0.4, 0.5) is 5.82 Å². The number of anilines is 1. The largest absolute Gasteiger partial charge is 0.369 e. The summed E-state index contributed by atoms with van der Waals surface area (Å²) in [7, 11) is 3.98. The van der Waals surface area contributed by atoms with Crippen molar-refractivity contribution in [3.8, 4) is 0 Å². The van der Waals surface area contributed by atoms with Crippen molar-refractivity contribution in [2.45, 2.75) is 6.10 Å². The van der Waals surface area contributed by atoms with Gasteiger partial charge in [0.25, 0.3) is 0 Å². The summed E-state index contributed by atoms with van der Waals surface area (Å²) in [5, 5.41) is 3.30. The number of ether oxygens (including phenoxy) is 1. The van der Waals surface area contributed by atoms with E-state index in [2.05, 4.69) is 10.3 Å². The van der Waals surface area contributed by atoms with Crippen molar-refractivity contribution in [2.24, 2.45) is 0 Å². The van der Waals surface area contributed by atoms with Gasteiger partial charge < -0.3 is 15.0 Å². The first-order valence-electron chi connectivity index (χ1n) is 5.24. The second kappa shape index (κ2) is 4.59. The van der Waals surface area contributed by atoms with Crippen molar-refractivity contribution >= 4 is 5.82 Å². The normalized spacial score (nSPS) is 21.3.